The van der Waals surface area contributed by atoms with Crippen molar-refractivity contribution in [2.24, 2.45) is 5.92 Å². The Labute approximate surface area is 115 Å². The third-order valence-corrected chi connectivity index (χ3v) is 4.70. The quantitative estimate of drug-likeness (QED) is 0.498. The lowest BCUT2D eigenvalue weighted by Gasteiger charge is -2.29. The molecule has 2 bridgehead atoms. The summed E-state index contributed by atoms with van der Waals surface area (Å²) in [6.07, 6.45) is 2.26. The highest BCUT2D eigenvalue weighted by molar-refractivity contribution is 14.1. The zero-order valence-electron chi connectivity index (χ0n) is 10.4. The second kappa shape index (κ2) is 4.40. The van der Waals surface area contributed by atoms with Crippen LogP contribution in [0.2, 0.25) is 0 Å². The van der Waals surface area contributed by atoms with E-state index < -0.39 is 11.7 Å². The van der Waals surface area contributed by atoms with E-state index in [9.17, 15) is 9.59 Å². The number of fused-ring (bicyclic) bond motifs is 2. The lowest BCUT2D eigenvalue weighted by molar-refractivity contribution is -0.130. The molecule has 0 aromatic carbocycles. The third kappa shape index (κ3) is 2.58. The molecule has 0 aromatic heterocycles. The molecule has 96 valence electrons. The van der Waals surface area contributed by atoms with Crippen LogP contribution in [0.4, 0.5) is 4.79 Å². The second-order valence-electron chi connectivity index (χ2n) is 5.78. The lowest BCUT2D eigenvalue weighted by atomic mass is 9.90. The molecule has 4 nitrogen and oxygen atoms in total. The summed E-state index contributed by atoms with van der Waals surface area (Å²) in [5.41, 5.74) is -0.547. The molecule has 1 aliphatic carbocycles. The Morgan fingerprint density at radius 1 is 1.41 bits per heavy atom. The number of hydrogen-bond acceptors (Lipinski definition) is 3. The number of carbonyl (C=O) groups is 2. The molecule has 1 heterocycles. The van der Waals surface area contributed by atoms with Gasteiger partial charge in [-0.1, -0.05) is 22.6 Å². The summed E-state index contributed by atoms with van der Waals surface area (Å²) in [7, 11) is 0. The summed E-state index contributed by atoms with van der Waals surface area (Å²) in [6, 6.07) is 0.0386. The molecule has 2 amide bonds. The van der Waals surface area contributed by atoms with Crippen LogP contribution in [-0.2, 0) is 9.53 Å². The van der Waals surface area contributed by atoms with Gasteiger partial charge in [0.2, 0.25) is 5.91 Å². The topological polar surface area (TPSA) is 46.6 Å². The Morgan fingerprint density at radius 2 is 2.06 bits per heavy atom. The average Bonchev–Trinajstić information content (AvgIpc) is 2.44. The molecule has 2 fully saturated rings. The van der Waals surface area contributed by atoms with Gasteiger partial charge in [-0.2, -0.15) is 0 Å². The van der Waals surface area contributed by atoms with Gasteiger partial charge >= 0.3 is 6.09 Å². The van der Waals surface area contributed by atoms with Crippen molar-refractivity contribution in [2.45, 2.75) is 55.6 Å². The molecular formula is C12H18INO3. The maximum atomic E-state index is 12.1. The largest absolute Gasteiger partial charge is 0.443 e. The normalized spacial score (nSPS) is 32.8. The minimum atomic E-state index is -0.547. The van der Waals surface area contributed by atoms with Gasteiger partial charge in [-0.25, -0.2) is 9.69 Å². The number of likely N-dealkylation sites (tertiary alicyclic amines) is 1. The standard InChI is InChI=1S/C12H18INO3/c1-12(2,3)17-11(16)14-9-6-7(10(14)15)4-5-8(9)13/h7-9H,4-6H2,1-3H3. The Morgan fingerprint density at radius 3 is 2.65 bits per heavy atom. The first-order chi connectivity index (χ1) is 7.79. The molecule has 0 N–H and O–H groups in total. The Hall–Kier alpha value is -0.330. The number of alkyl halides is 1. The first-order valence-electron chi connectivity index (χ1n) is 6.00. The zero-order chi connectivity index (χ0) is 12.8. The molecule has 3 unspecified atom stereocenters. The van der Waals surface area contributed by atoms with Gasteiger partial charge in [0.05, 0.1) is 6.04 Å². The van der Waals surface area contributed by atoms with Crippen LogP contribution in [0.15, 0.2) is 0 Å². The van der Waals surface area contributed by atoms with Crippen molar-refractivity contribution in [1.82, 2.24) is 4.90 Å². The van der Waals surface area contributed by atoms with Crippen molar-refractivity contribution >= 4 is 34.6 Å². The van der Waals surface area contributed by atoms with Crippen molar-refractivity contribution in [2.75, 3.05) is 0 Å². The van der Waals surface area contributed by atoms with E-state index >= 15 is 0 Å². The molecule has 1 saturated carbocycles. The fourth-order valence-corrected chi connectivity index (χ4v) is 3.47. The molecular weight excluding hydrogens is 333 g/mol. The van der Waals surface area contributed by atoms with Gasteiger partial charge in [0, 0.05) is 9.84 Å². The first kappa shape index (κ1) is 13.1. The minimum absolute atomic E-state index is 0.0385. The van der Waals surface area contributed by atoms with E-state index in [0.29, 0.717) is 3.92 Å². The number of nitrogens with zero attached hydrogens (tertiary/aromatic N) is 1. The SMILES string of the molecule is CC(C)(C)OC(=O)N1C(=O)C2CCC(I)C1C2. The van der Waals surface area contributed by atoms with E-state index in [1.807, 2.05) is 20.8 Å². The van der Waals surface area contributed by atoms with Crippen LogP contribution in [0.3, 0.4) is 0 Å². The maximum Gasteiger partial charge on any atom is 0.417 e. The average molecular weight is 351 g/mol. The van der Waals surface area contributed by atoms with Crippen molar-refractivity contribution in [3.05, 3.63) is 0 Å². The summed E-state index contributed by atoms with van der Waals surface area (Å²) < 4.78 is 5.68. The van der Waals surface area contributed by atoms with E-state index in [2.05, 4.69) is 22.6 Å². The number of hydrogen-bond donors (Lipinski definition) is 0. The molecule has 1 aliphatic heterocycles. The highest BCUT2D eigenvalue weighted by atomic mass is 127. The molecule has 3 atom stereocenters. The molecule has 0 radical (unpaired) electrons. The Kier molecular flexibility index (Phi) is 3.40. The first-order valence-corrected chi connectivity index (χ1v) is 7.24. The van der Waals surface area contributed by atoms with Crippen molar-refractivity contribution in [3.63, 3.8) is 0 Å². The van der Waals surface area contributed by atoms with Crippen molar-refractivity contribution < 1.29 is 14.3 Å². The van der Waals surface area contributed by atoms with Gasteiger partial charge < -0.3 is 4.74 Å². The predicted octanol–water partition coefficient (Wildman–Crippen LogP) is 2.74. The van der Waals surface area contributed by atoms with Crippen LogP contribution in [0, 0.1) is 5.92 Å². The number of ether oxygens (including phenoxy) is 1. The van der Waals surface area contributed by atoms with E-state index in [4.69, 9.17) is 4.74 Å². The summed E-state index contributed by atoms with van der Waals surface area (Å²) in [6.45, 7) is 5.46. The maximum absolute atomic E-state index is 12.1. The zero-order valence-corrected chi connectivity index (χ0v) is 12.6. The molecule has 0 spiro atoms. The number of amides is 2. The third-order valence-electron chi connectivity index (χ3n) is 3.24. The molecule has 17 heavy (non-hydrogen) atoms. The van der Waals surface area contributed by atoms with E-state index in [1.54, 1.807) is 0 Å². The molecule has 1 saturated heterocycles. The molecule has 2 rings (SSSR count). The fraction of sp³-hybridized carbons (Fsp3) is 0.833. The van der Waals surface area contributed by atoms with Crippen LogP contribution in [0.5, 0.6) is 0 Å². The Bertz CT molecular complexity index is 350. The van der Waals surface area contributed by atoms with Gasteiger partial charge in [0.1, 0.15) is 5.60 Å². The highest BCUT2D eigenvalue weighted by Gasteiger charge is 2.49. The van der Waals surface area contributed by atoms with E-state index in [0.717, 1.165) is 19.3 Å². The van der Waals surface area contributed by atoms with Crippen LogP contribution in [-0.4, -0.2) is 32.5 Å². The predicted molar refractivity (Wildman–Crippen MR) is 72.0 cm³/mol. The summed E-state index contributed by atoms with van der Waals surface area (Å²) in [4.78, 5) is 25.5. The van der Waals surface area contributed by atoms with Gasteiger partial charge in [-0.3, -0.25) is 4.79 Å². The van der Waals surface area contributed by atoms with E-state index in [1.165, 1.54) is 4.90 Å². The van der Waals surface area contributed by atoms with Crippen LogP contribution >= 0.6 is 22.6 Å². The van der Waals surface area contributed by atoms with Crippen LogP contribution in [0.25, 0.3) is 0 Å². The Balaban J connectivity index is 2.15. The number of rotatable bonds is 0. The minimum Gasteiger partial charge on any atom is -0.443 e. The summed E-state index contributed by atoms with van der Waals surface area (Å²) in [5, 5.41) is 0. The highest BCUT2D eigenvalue weighted by Crippen LogP contribution is 2.40. The van der Waals surface area contributed by atoms with Gasteiger partial charge in [0.25, 0.3) is 0 Å². The van der Waals surface area contributed by atoms with Crippen LogP contribution < -0.4 is 0 Å². The smallest absolute Gasteiger partial charge is 0.417 e. The van der Waals surface area contributed by atoms with E-state index in [-0.39, 0.29) is 17.9 Å². The van der Waals surface area contributed by atoms with Gasteiger partial charge in [-0.05, 0) is 40.0 Å². The number of carbonyl (C=O) groups excluding carboxylic acids is 2. The summed E-state index contributed by atoms with van der Waals surface area (Å²) >= 11 is 2.34. The fourth-order valence-electron chi connectivity index (χ4n) is 2.50. The van der Waals surface area contributed by atoms with Crippen LogP contribution in [0.1, 0.15) is 40.0 Å². The van der Waals surface area contributed by atoms with Gasteiger partial charge in [-0.15, -0.1) is 0 Å². The molecule has 0 aromatic rings. The van der Waals surface area contributed by atoms with Crippen molar-refractivity contribution in [3.8, 4) is 0 Å². The molecule has 2 aliphatic rings. The molecule has 5 heteroatoms. The lowest BCUT2D eigenvalue weighted by Crippen LogP contribution is -2.45. The second-order valence-corrected chi connectivity index (χ2v) is 7.38. The van der Waals surface area contributed by atoms with Crippen molar-refractivity contribution in [1.29, 1.82) is 0 Å². The van der Waals surface area contributed by atoms with Gasteiger partial charge in [0.15, 0.2) is 0 Å². The number of halogens is 1. The number of imide groups is 1. The monoisotopic (exact) mass is 351 g/mol. The summed E-state index contributed by atoms with van der Waals surface area (Å²) in [5.74, 6) is 0.00181.